The minimum Gasteiger partial charge on any atom is -0.477 e. The van der Waals surface area contributed by atoms with Gasteiger partial charge >= 0.3 is 17.9 Å². The third kappa shape index (κ3) is 51.5. The number of aliphatic carboxylic acids is 1. The molecule has 0 rings (SSSR count). The highest BCUT2D eigenvalue weighted by Crippen LogP contribution is 2.12. The summed E-state index contributed by atoms with van der Waals surface area (Å²) < 4.78 is 22.7. The van der Waals surface area contributed by atoms with Crippen molar-refractivity contribution in [2.24, 2.45) is 0 Å². The van der Waals surface area contributed by atoms with E-state index in [4.69, 9.17) is 18.9 Å². The van der Waals surface area contributed by atoms with Gasteiger partial charge in [-0.15, -0.1) is 0 Å². The minimum atomic E-state index is -1.53. The molecule has 2 atom stereocenters. The predicted molar refractivity (Wildman–Crippen MR) is 294 cm³/mol. The van der Waals surface area contributed by atoms with Crippen molar-refractivity contribution in [1.82, 2.24) is 0 Å². The normalized spacial score (nSPS) is 13.8. The minimum absolute atomic E-state index is 0.169. The van der Waals surface area contributed by atoms with E-state index in [1.54, 1.807) is 0 Å². The number of carbonyl (C=O) groups excluding carboxylic acids is 2. The zero-order chi connectivity index (χ0) is 51.3. The molecule has 70 heavy (non-hydrogen) atoms. The lowest BCUT2D eigenvalue weighted by atomic mass is 10.1. The first-order chi connectivity index (χ1) is 34.1. The van der Waals surface area contributed by atoms with Gasteiger partial charge in [0.2, 0.25) is 0 Å². The molecule has 0 aliphatic rings. The van der Waals surface area contributed by atoms with Crippen LogP contribution >= 0.6 is 0 Å². The number of hydrogen-bond donors (Lipinski definition) is 1. The first-order valence-electron chi connectivity index (χ1n) is 27.2. The molecule has 0 saturated heterocycles. The summed E-state index contributed by atoms with van der Waals surface area (Å²) in [6.07, 6.45) is 68.5. The molecule has 396 valence electrons. The molecule has 0 fully saturated rings. The van der Waals surface area contributed by atoms with Gasteiger partial charge < -0.3 is 28.5 Å². The van der Waals surface area contributed by atoms with Crippen LogP contribution in [0.1, 0.15) is 187 Å². The van der Waals surface area contributed by atoms with E-state index in [1.807, 2.05) is 21.1 Å². The monoisotopic (exact) mass is 975 g/mol. The fraction of sp³-hybridized carbons (Fsp3) is 0.623. The number of nitrogens with zero attached hydrogens (tertiary/aromatic N) is 1. The number of ether oxygens (including phenoxy) is 4. The molecule has 0 radical (unpaired) electrons. The van der Waals surface area contributed by atoms with Crippen molar-refractivity contribution in [3.63, 3.8) is 0 Å². The van der Waals surface area contributed by atoms with Crippen LogP contribution in [-0.4, -0.2) is 87.4 Å². The molecule has 0 saturated carbocycles. The van der Waals surface area contributed by atoms with Gasteiger partial charge in [0.25, 0.3) is 6.29 Å². The van der Waals surface area contributed by atoms with Crippen LogP contribution in [0, 0.1) is 0 Å². The van der Waals surface area contributed by atoms with Crippen molar-refractivity contribution < 1.29 is 42.9 Å². The number of likely N-dealkylation sites (N-methyl/N-ethyl adjacent to an activating group) is 1. The molecule has 0 aliphatic heterocycles. The summed E-state index contributed by atoms with van der Waals surface area (Å²) in [6, 6.07) is 0. The van der Waals surface area contributed by atoms with E-state index in [-0.39, 0.29) is 38.6 Å². The number of carbonyl (C=O) groups is 3. The number of esters is 2. The van der Waals surface area contributed by atoms with Gasteiger partial charge in [0, 0.05) is 12.8 Å². The van der Waals surface area contributed by atoms with E-state index in [9.17, 15) is 19.5 Å². The molecule has 2 unspecified atom stereocenters. The topological polar surface area (TPSA) is 108 Å². The van der Waals surface area contributed by atoms with Gasteiger partial charge in [-0.2, -0.15) is 0 Å². The van der Waals surface area contributed by atoms with E-state index in [0.29, 0.717) is 23.9 Å². The first kappa shape index (κ1) is 65.7. The van der Waals surface area contributed by atoms with Crippen LogP contribution in [0.3, 0.4) is 0 Å². The third-order valence-electron chi connectivity index (χ3n) is 11.0. The molecule has 0 aromatic rings. The zero-order valence-corrected chi connectivity index (χ0v) is 44.9. The van der Waals surface area contributed by atoms with E-state index in [0.717, 1.165) is 96.3 Å². The Morgan fingerprint density at radius 3 is 1.27 bits per heavy atom. The Bertz CT molecular complexity index is 1560. The summed E-state index contributed by atoms with van der Waals surface area (Å²) in [5, 5.41) is 9.68. The number of quaternary nitrogens is 1. The maximum absolute atomic E-state index is 12.8. The van der Waals surface area contributed by atoms with Crippen LogP contribution in [-0.2, 0) is 33.3 Å². The van der Waals surface area contributed by atoms with E-state index < -0.39 is 24.3 Å². The molecule has 0 bridgehead atoms. The van der Waals surface area contributed by atoms with Crippen molar-refractivity contribution in [2.45, 2.75) is 200 Å². The molecular weight excluding hydrogens is 875 g/mol. The van der Waals surface area contributed by atoms with Crippen LogP contribution < -0.4 is 0 Å². The van der Waals surface area contributed by atoms with Gasteiger partial charge in [0.15, 0.2) is 6.10 Å². The van der Waals surface area contributed by atoms with Crippen LogP contribution in [0.5, 0.6) is 0 Å². The highest BCUT2D eigenvalue weighted by Gasteiger charge is 2.25. The molecule has 1 N–H and O–H groups in total. The Morgan fingerprint density at radius 2 is 0.829 bits per heavy atom. The van der Waals surface area contributed by atoms with Crippen LogP contribution in [0.15, 0.2) is 122 Å². The van der Waals surface area contributed by atoms with Gasteiger partial charge in [0.05, 0.1) is 34.4 Å². The Labute approximate surface area is 427 Å². The van der Waals surface area contributed by atoms with Gasteiger partial charge in [-0.05, 0) is 103 Å². The molecule has 9 heteroatoms. The molecule has 0 heterocycles. The molecule has 0 spiro atoms. The average Bonchev–Trinajstić information content (AvgIpc) is 3.33. The van der Waals surface area contributed by atoms with E-state index >= 15 is 0 Å². The lowest BCUT2D eigenvalue weighted by molar-refractivity contribution is -0.870. The SMILES string of the molecule is CC/C=C\C/C=C\C/C=C\C/C=C\C/C=C\C/C=C\C/C=C\C/C=C\C/C=C\CCCC(=O)OC(COC(=O)CCCCCCC/C=C\CCCCCCCCC)COC(OCC[N+](C)(C)C)C(=O)O. The lowest BCUT2D eigenvalue weighted by Crippen LogP contribution is -2.40. The molecule has 0 aromatic heterocycles. The number of rotatable bonds is 48. The number of unbranched alkanes of at least 4 members (excludes halogenated alkanes) is 13. The van der Waals surface area contributed by atoms with E-state index in [1.165, 1.54) is 51.4 Å². The summed E-state index contributed by atoms with van der Waals surface area (Å²) in [4.78, 5) is 37.3. The Kier molecular flexibility index (Phi) is 47.9. The summed E-state index contributed by atoms with van der Waals surface area (Å²) in [5.74, 6) is -2.11. The van der Waals surface area contributed by atoms with Crippen LogP contribution in [0.25, 0.3) is 0 Å². The van der Waals surface area contributed by atoms with Crippen molar-refractivity contribution in [2.75, 3.05) is 47.5 Å². The summed E-state index contributed by atoms with van der Waals surface area (Å²) in [5.41, 5.74) is 0. The molecule has 0 aromatic carbocycles. The largest absolute Gasteiger partial charge is 0.477 e. The Morgan fingerprint density at radius 1 is 0.443 bits per heavy atom. The fourth-order valence-corrected chi connectivity index (χ4v) is 6.77. The summed E-state index contributed by atoms with van der Waals surface area (Å²) >= 11 is 0. The van der Waals surface area contributed by atoms with Crippen molar-refractivity contribution >= 4 is 17.9 Å². The van der Waals surface area contributed by atoms with Crippen LogP contribution in [0.2, 0.25) is 0 Å². The van der Waals surface area contributed by atoms with Crippen molar-refractivity contribution in [3.8, 4) is 0 Å². The van der Waals surface area contributed by atoms with Gasteiger partial charge in [0.1, 0.15) is 13.2 Å². The smallest absolute Gasteiger partial charge is 0.361 e. The second kappa shape index (κ2) is 51.1. The predicted octanol–water partition coefficient (Wildman–Crippen LogP) is 15.7. The summed E-state index contributed by atoms with van der Waals surface area (Å²) in [6.45, 7) is 4.66. The molecule has 0 amide bonds. The van der Waals surface area contributed by atoms with Gasteiger partial charge in [-0.3, -0.25) is 9.59 Å². The molecule has 0 aliphatic carbocycles. The first-order valence-corrected chi connectivity index (χ1v) is 27.2. The highest BCUT2D eigenvalue weighted by atomic mass is 16.7. The molecule has 9 nitrogen and oxygen atoms in total. The maximum atomic E-state index is 12.8. The zero-order valence-electron chi connectivity index (χ0n) is 44.9. The second-order valence-corrected chi connectivity index (χ2v) is 18.8. The highest BCUT2D eigenvalue weighted by molar-refractivity contribution is 5.71. The summed E-state index contributed by atoms with van der Waals surface area (Å²) in [7, 11) is 5.93. The van der Waals surface area contributed by atoms with Gasteiger partial charge in [-0.1, -0.05) is 193 Å². The third-order valence-corrected chi connectivity index (χ3v) is 11.0. The van der Waals surface area contributed by atoms with Gasteiger partial charge in [-0.25, -0.2) is 4.79 Å². The van der Waals surface area contributed by atoms with Crippen molar-refractivity contribution in [1.29, 1.82) is 0 Å². The Balaban J connectivity index is 4.45. The number of hydrogen-bond acceptors (Lipinski definition) is 7. The average molecular weight is 975 g/mol. The van der Waals surface area contributed by atoms with Crippen molar-refractivity contribution in [3.05, 3.63) is 122 Å². The number of carboxylic acids is 1. The number of carboxylic acid groups (broad SMARTS) is 1. The van der Waals surface area contributed by atoms with E-state index in [2.05, 4.69) is 135 Å². The maximum Gasteiger partial charge on any atom is 0.361 e. The second-order valence-electron chi connectivity index (χ2n) is 18.8. The fourth-order valence-electron chi connectivity index (χ4n) is 6.77. The van der Waals surface area contributed by atoms with Crippen LogP contribution in [0.4, 0.5) is 0 Å². The standard InChI is InChI=1S/C61H99NO8/c1-6-8-10-12-14-16-18-20-22-24-25-26-27-28-29-30-31-32-33-34-35-36-38-40-42-44-46-48-50-52-59(64)70-57(56-69-61(60(65)66)67-54-53-62(3,4)5)55-68-58(63)51-49-47-45-43-41-39-37-23-21-19-17-15-13-11-9-7-2/h8,10,14,16,20,22-23,25-26,28-29,31-32,34-35,37-38,40,44,46,57,61H,6-7,9,11-13,15,17-19,21,24,27,30,33,36,39,41-43,45,47-56H2,1-5H3/p+1/b10-8-,16-14-,22-20-,26-25-,29-28-,32-31-,35-34-,37-23-,40-38-,46-44-. The lowest BCUT2D eigenvalue weighted by Gasteiger charge is -2.25. The quantitative estimate of drug-likeness (QED) is 0.0211. The Hall–Kier alpha value is -4.31. The molecular formula is C61H100NO8+. The number of allylic oxidation sites excluding steroid dienone is 20.